The van der Waals surface area contributed by atoms with Crippen LogP contribution in [-0.2, 0) is 26.2 Å². The van der Waals surface area contributed by atoms with E-state index in [9.17, 15) is 18.0 Å². The van der Waals surface area contributed by atoms with Gasteiger partial charge in [-0.25, -0.2) is 8.42 Å². The highest BCUT2D eigenvalue weighted by molar-refractivity contribution is 7.92. The van der Waals surface area contributed by atoms with Crippen molar-refractivity contribution in [2.45, 2.75) is 51.1 Å². The number of rotatable bonds is 14. The average Bonchev–Trinajstić information content (AvgIpc) is 2.96. The molecule has 40 heavy (non-hydrogen) atoms. The van der Waals surface area contributed by atoms with Crippen LogP contribution < -0.4 is 14.4 Å². The van der Waals surface area contributed by atoms with Crippen LogP contribution in [0.15, 0.2) is 83.8 Å². The van der Waals surface area contributed by atoms with E-state index < -0.39 is 28.5 Å². The molecule has 214 valence electrons. The maximum atomic E-state index is 14.0. The largest absolute Gasteiger partial charge is 0.494 e. The lowest BCUT2D eigenvalue weighted by atomic mass is 10.1. The Morgan fingerprint density at radius 2 is 1.57 bits per heavy atom. The number of amides is 2. The third kappa shape index (κ3) is 7.99. The summed E-state index contributed by atoms with van der Waals surface area (Å²) < 4.78 is 34.3. The van der Waals surface area contributed by atoms with Crippen LogP contribution in [0.3, 0.4) is 0 Å². The lowest BCUT2D eigenvalue weighted by molar-refractivity contribution is -0.140. The summed E-state index contributed by atoms with van der Waals surface area (Å²) in [5, 5.41) is 3.42. The van der Waals surface area contributed by atoms with Crippen LogP contribution in [0.5, 0.6) is 5.75 Å². The summed E-state index contributed by atoms with van der Waals surface area (Å²) in [6.07, 6.45) is 1.09. The molecule has 0 aromatic heterocycles. The van der Waals surface area contributed by atoms with Crippen LogP contribution >= 0.6 is 11.6 Å². The summed E-state index contributed by atoms with van der Waals surface area (Å²) in [4.78, 5) is 28.6. The van der Waals surface area contributed by atoms with Gasteiger partial charge in [-0.1, -0.05) is 55.8 Å². The number of sulfonamides is 1. The van der Waals surface area contributed by atoms with Gasteiger partial charge in [0.2, 0.25) is 11.8 Å². The van der Waals surface area contributed by atoms with Gasteiger partial charge in [-0.3, -0.25) is 13.9 Å². The van der Waals surface area contributed by atoms with Crippen LogP contribution in [0, 0.1) is 0 Å². The van der Waals surface area contributed by atoms with Gasteiger partial charge < -0.3 is 15.0 Å². The molecule has 1 N–H and O–H groups in total. The Morgan fingerprint density at radius 3 is 2.15 bits per heavy atom. The van der Waals surface area contributed by atoms with Crippen molar-refractivity contribution in [3.63, 3.8) is 0 Å². The van der Waals surface area contributed by atoms with Crippen LogP contribution in [0.4, 0.5) is 5.69 Å². The lowest BCUT2D eigenvalue weighted by Gasteiger charge is -2.33. The van der Waals surface area contributed by atoms with Gasteiger partial charge >= 0.3 is 0 Å². The fraction of sp³-hybridized carbons (Fsp3) is 0.333. The highest BCUT2D eigenvalue weighted by Crippen LogP contribution is 2.27. The van der Waals surface area contributed by atoms with Crippen molar-refractivity contribution in [3.05, 3.63) is 89.4 Å². The van der Waals surface area contributed by atoms with Crippen molar-refractivity contribution < 1.29 is 22.7 Å². The fourth-order valence-corrected chi connectivity index (χ4v) is 5.76. The van der Waals surface area contributed by atoms with Crippen molar-refractivity contribution in [3.8, 4) is 5.75 Å². The molecule has 8 nitrogen and oxygen atoms in total. The van der Waals surface area contributed by atoms with Gasteiger partial charge in [0.05, 0.1) is 17.2 Å². The van der Waals surface area contributed by atoms with Crippen LogP contribution in [0.1, 0.15) is 39.2 Å². The van der Waals surface area contributed by atoms with Crippen LogP contribution in [0.25, 0.3) is 0 Å². The van der Waals surface area contributed by atoms with Gasteiger partial charge in [0.25, 0.3) is 10.0 Å². The molecule has 3 aromatic rings. The second-order valence-corrected chi connectivity index (χ2v) is 11.4. The maximum Gasteiger partial charge on any atom is 0.264 e. The zero-order chi connectivity index (χ0) is 29.1. The van der Waals surface area contributed by atoms with E-state index in [1.54, 1.807) is 66.7 Å². The highest BCUT2D eigenvalue weighted by atomic mass is 35.5. The first-order valence-electron chi connectivity index (χ1n) is 13.3. The molecule has 0 aliphatic rings. The number of hydrogen-bond acceptors (Lipinski definition) is 5. The Kier molecular flexibility index (Phi) is 11.4. The van der Waals surface area contributed by atoms with Gasteiger partial charge in [-0.2, -0.15) is 0 Å². The van der Waals surface area contributed by atoms with E-state index in [0.717, 1.165) is 16.3 Å². The number of hydrogen-bond donors (Lipinski definition) is 1. The average molecular weight is 586 g/mol. The minimum atomic E-state index is -4.13. The molecule has 3 rings (SSSR count). The fourth-order valence-electron chi connectivity index (χ4n) is 4.20. The number of halogens is 1. The van der Waals surface area contributed by atoms with Crippen LogP contribution in [-0.4, -0.2) is 50.9 Å². The number of carbonyl (C=O) groups is 2. The smallest absolute Gasteiger partial charge is 0.264 e. The summed E-state index contributed by atoms with van der Waals surface area (Å²) >= 11 is 6.06. The summed E-state index contributed by atoms with van der Waals surface area (Å²) in [5.41, 5.74) is 1.06. The second kappa shape index (κ2) is 14.7. The molecule has 1 atom stereocenters. The van der Waals surface area contributed by atoms with Crippen molar-refractivity contribution in [1.29, 1.82) is 0 Å². The monoisotopic (exact) mass is 585 g/mol. The molecule has 0 saturated heterocycles. The molecule has 0 aliphatic carbocycles. The second-order valence-electron chi connectivity index (χ2n) is 9.11. The van der Waals surface area contributed by atoms with E-state index in [-0.39, 0.29) is 17.3 Å². The quantitative estimate of drug-likeness (QED) is 0.278. The molecule has 0 radical (unpaired) electrons. The Balaban J connectivity index is 2.03. The van der Waals surface area contributed by atoms with E-state index in [1.807, 2.05) is 20.8 Å². The van der Waals surface area contributed by atoms with E-state index in [1.165, 1.54) is 17.0 Å². The molecule has 0 saturated carbocycles. The van der Waals surface area contributed by atoms with Gasteiger partial charge in [-0.05, 0) is 73.9 Å². The number of benzene rings is 3. The maximum absolute atomic E-state index is 14.0. The third-order valence-corrected chi connectivity index (χ3v) is 8.29. The number of carbonyl (C=O) groups excluding carboxylic acids is 2. The number of nitrogens with zero attached hydrogens (tertiary/aromatic N) is 2. The van der Waals surface area contributed by atoms with E-state index in [0.29, 0.717) is 36.0 Å². The van der Waals surface area contributed by atoms with E-state index in [2.05, 4.69) is 5.32 Å². The Bertz CT molecular complexity index is 1350. The van der Waals surface area contributed by atoms with E-state index in [4.69, 9.17) is 16.3 Å². The molecule has 10 heteroatoms. The Hall–Kier alpha value is -3.56. The minimum Gasteiger partial charge on any atom is -0.494 e. The predicted molar refractivity (Wildman–Crippen MR) is 158 cm³/mol. The third-order valence-electron chi connectivity index (χ3n) is 6.25. The van der Waals surface area contributed by atoms with Gasteiger partial charge in [0.15, 0.2) is 0 Å². The van der Waals surface area contributed by atoms with E-state index >= 15 is 0 Å². The molecule has 2 amide bonds. The van der Waals surface area contributed by atoms with Crippen molar-refractivity contribution in [2.24, 2.45) is 0 Å². The standard InChI is InChI=1S/C30H36ClN3O5S/c1-4-20-32-30(36)28(5-2)33(21-23-12-14-24(31)15-13-23)29(35)22-34(25-16-18-26(19-17-25)39-6-3)40(37,38)27-10-8-7-9-11-27/h7-19,28H,4-6,20-22H2,1-3H3,(H,32,36)/t28-/m0/s1. The first kappa shape index (κ1) is 31.0. The molecule has 0 spiro atoms. The first-order valence-corrected chi connectivity index (χ1v) is 15.1. The number of anilines is 1. The van der Waals surface area contributed by atoms with Crippen molar-refractivity contribution in [2.75, 3.05) is 24.0 Å². The van der Waals surface area contributed by atoms with Crippen molar-refractivity contribution in [1.82, 2.24) is 10.2 Å². The molecule has 0 heterocycles. The SMILES string of the molecule is CCCNC(=O)[C@H](CC)N(Cc1ccc(Cl)cc1)C(=O)CN(c1ccc(OCC)cc1)S(=O)(=O)c1ccccc1. The molecule has 0 bridgehead atoms. The normalized spacial score (nSPS) is 11.9. The number of ether oxygens (including phenoxy) is 1. The van der Waals surface area contributed by atoms with Gasteiger partial charge in [0, 0.05) is 18.1 Å². The predicted octanol–water partition coefficient (Wildman–Crippen LogP) is 5.27. The van der Waals surface area contributed by atoms with Crippen LogP contribution in [0.2, 0.25) is 5.02 Å². The summed E-state index contributed by atoms with van der Waals surface area (Å²) in [7, 11) is -4.13. The minimum absolute atomic E-state index is 0.0497. The molecular weight excluding hydrogens is 550 g/mol. The summed E-state index contributed by atoms with van der Waals surface area (Å²) in [5.74, 6) is -0.218. The lowest BCUT2D eigenvalue weighted by Crippen LogP contribution is -2.52. The molecule has 3 aromatic carbocycles. The summed E-state index contributed by atoms with van der Waals surface area (Å²) in [6, 6.07) is 20.7. The van der Waals surface area contributed by atoms with Crippen molar-refractivity contribution >= 4 is 39.1 Å². The van der Waals surface area contributed by atoms with Gasteiger partial charge in [-0.15, -0.1) is 0 Å². The number of nitrogens with one attached hydrogen (secondary N) is 1. The highest BCUT2D eigenvalue weighted by Gasteiger charge is 2.33. The van der Waals surface area contributed by atoms with Gasteiger partial charge in [0.1, 0.15) is 18.3 Å². The summed E-state index contributed by atoms with van der Waals surface area (Å²) in [6.45, 7) is 6.16. The molecule has 0 fully saturated rings. The zero-order valence-corrected chi connectivity index (χ0v) is 24.6. The molecule has 0 unspecified atom stereocenters. The molecular formula is C30H36ClN3O5S. The topological polar surface area (TPSA) is 96.0 Å². The Labute approximate surface area is 241 Å². The Morgan fingerprint density at radius 1 is 0.925 bits per heavy atom. The molecule has 0 aliphatic heterocycles. The zero-order valence-electron chi connectivity index (χ0n) is 23.0. The first-order chi connectivity index (χ1) is 19.2.